The number of ether oxygens (including phenoxy) is 1. The molecule has 3 rings (SSSR count). The van der Waals surface area contributed by atoms with Gasteiger partial charge >= 0.3 is 12.0 Å². The average molecular weight is 324 g/mol. The summed E-state index contributed by atoms with van der Waals surface area (Å²) in [5.41, 5.74) is 1.18. The van der Waals surface area contributed by atoms with Gasteiger partial charge < -0.3 is 10.1 Å². The molecule has 122 valence electrons. The van der Waals surface area contributed by atoms with Crippen LogP contribution in [0.5, 0.6) is 0 Å². The van der Waals surface area contributed by atoms with Crippen molar-refractivity contribution in [3.05, 3.63) is 71.8 Å². The monoisotopic (exact) mass is 324 g/mol. The highest BCUT2D eigenvalue weighted by molar-refractivity contribution is 6.07. The Morgan fingerprint density at radius 2 is 1.62 bits per heavy atom. The van der Waals surface area contributed by atoms with Gasteiger partial charge in [0.1, 0.15) is 6.04 Å². The Balaban J connectivity index is 1.98. The van der Waals surface area contributed by atoms with Crippen molar-refractivity contribution in [2.75, 3.05) is 7.11 Å². The lowest BCUT2D eigenvalue weighted by Crippen LogP contribution is -2.39. The van der Waals surface area contributed by atoms with Gasteiger partial charge in [0.2, 0.25) is 0 Å². The third-order valence-corrected chi connectivity index (χ3v) is 3.90. The Morgan fingerprint density at radius 1 is 1.04 bits per heavy atom. The molecule has 2 atom stereocenters. The van der Waals surface area contributed by atoms with E-state index in [-0.39, 0.29) is 0 Å². The molecule has 0 aliphatic carbocycles. The molecule has 0 spiro atoms. The first-order valence-corrected chi connectivity index (χ1v) is 7.44. The molecule has 24 heavy (non-hydrogen) atoms. The van der Waals surface area contributed by atoms with E-state index in [4.69, 9.17) is 4.74 Å². The van der Waals surface area contributed by atoms with Crippen molar-refractivity contribution in [2.24, 2.45) is 0 Å². The summed E-state index contributed by atoms with van der Waals surface area (Å²) in [5, 5.41) is 2.63. The number of amides is 3. The number of nitrogens with one attached hydrogen (secondary N) is 1. The van der Waals surface area contributed by atoms with Crippen LogP contribution in [0.25, 0.3) is 0 Å². The predicted molar refractivity (Wildman–Crippen MR) is 85.8 cm³/mol. The molecule has 1 aliphatic heterocycles. The Morgan fingerprint density at radius 3 is 2.21 bits per heavy atom. The molecule has 0 radical (unpaired) electrons. The van der Waals surface area contributed by atoms with Crippen molar-refractivity contribution in [2.45, 2.75) is 12.1 Å². The molecule has 1 saturated heterocycles. The minimum absolute atomic E-state index is 0.481. The van der Waals surface area contributed by atoms with E-state index in [2.05, 4.69) is 5.32 Å². The van der Waals surface area contributed by atoms with Crippen LogP contribution in [0.15, 0.2) is 60.7 Å². The summed E-state index contributed by atoms with van der Waals surface area (Å²) < 4.78 is 4.80. The number of esters is 1. The maximum atomic E-state index is 12.8. The lowest BCUT2D eigenvalue weighted by Gasteiger charge is -2.23. The topological polar surface area (TPSA) is 75.7 Å². The zero-order chi connectivity index (χ0) is 17.1. The van der Waals surface area contributed by atoms with Crippen molar-refractivity contribution in [3.8, 4) is 0 Å². The zero-order valence-corrected chi connectivity index (χ0v) is 13.0. The largest absolute Gasteiger partial charge is 0.467 e. The van der Waals surface area contributed by atoms with E-state index in [0.717, 1.165) is 4.90 Å². The minimum atomic E-state index is -1.11. The number of benzene rings is 2. The van der Waals surface area contributed by atoms with Gasteiger partial charge in [-0.25, -0.2) is 14.5 Å². The van der Waals surface area contributed by atoms with Crippen molar-refractivity contribution >= 4 is 17.9 Å². The highest BCUT2D eigenvalue weighted by Crippen LogP contribution is 2.30. The fraction of sp³-hybridized carbons (Fsp3) is 0.167. The first kappa shape index (κ1) is 15.7. The van der Waals surface area contributed by atoms with Crippen molar-refractivity contribution in [1.29, 1.82) is 0 Å². The van der Waals surface area contributed by atoms with Gasteiger partial charge in [-0.05, 0) is 11.1 Å². The summed E-state index contributed by atoms with van der Waals surface area (Å²) in [5.74, 6) is -1.15. The molecule has 6 nitrogen and oxygen atoms in total. The number of imide groups is 1. The van der Waals surface area contributed by atoms with Gasteiger partial charge in [-0.3, -0.25) is 4.79 Å². The molecule has 0 aromatic heterocycles. The highest BCUT2D eigenvalue weighted by Gasteiger charge is 2.46. The number of methoxy groups -OCH3 is 1. The molecule has 1 heterocycles. The highest BCUT2D eigenvalue weighted by atomic mass is 16.5. The van der Waals surface area contributed by atoms with Crippen LogP contribution in [0.3, 0.4) is 0 Å². The molecular formula is C18H16N2O4. The Labute approximate surface area is 139 Å². The molecule has 6 heteroatoms. The maximum absolute atomic E-state index is 12.8. The van der Waals surface area contributed by atoms with Crippen LogP contribution >= 0.6 is 0 Å². The lowest BCUT2D eigenvalue weighted by atomic mass is 10.0. The molecule has 3 amide bonds. The lowest BCUT2D eigenvalue weighted by molar-refractivity contribution is -0.150. The van der Waals surface area contributed by atoms with E-state index in [1.54, 1.807) is 54.6 Å². The van der Waals surface area contributed by atoms with Gasteiger partial charge in [-0.2, -0.15) is 0 Å². The van der Waals surface area contributed by atoms with Crippen LogP contribution in [0.2, 0.25) is 0 Å². The number of rotatable bonds is 4. The minimum Gasteiger partial charge on any atom is -0.467 e. The second kappa shape index (κ2) is 6.54. The molecule has 1 fully saturated rings. The van der Waals surface area contributed by atoms with E-state index in [1.807, 2.05) is 6.07 Å². The molecule has 1 N–H and O–H groups in total. The number of hydrogen-bond acceptors (Lipinski definition) is 4. The van der Waals surface area contributed by atoms with E-state index < -0.39 is 30.0 Å². The number of carbonyl (C=O) groups excluding carboxylic acids is 3. The zero-order valence-electron chi connectivity index (χ0n) is 13.0. The average Bonchev–Trinajstić information content (AvgIpc) is 2.92. The molecule has 2 unspecified atom stereocenters. The SMILES string of the molecule is COC(=O)C(c1ccccc1)N1C(=O)NC(c2ccccc2)C1=O. The molecular weight excluding hydrogens is 308 g/mol. The molecule has 2 aromatic rings. The van der Waals surface area contributed by atoms with Crippen LogP contribution in [0.4, 0.5) is 4.79 Å². The maximum Gasteiger partial charge on any atom is 0.333 e. The van der Waals surface area contributed by atoms with E-state index in [1.165, 1.54) is 7.11 Å². The fourth-order valence-electron chi connectivity index (χ4n) is 2.75. The second-order valence-corrected chi connectivity index (χ2v) is 5.34. The third kappa shape index (κ3) is 2.74. The van der Waals surface area contributed by atoms with Crippen LogP contribution in [-0.2, 0) is 14.3 Å². The number of urea groups is 1. The van der Waals surface area contributed by atoms with Crippen molar-refractivity contribution in [3.63, 3.8) is 0 Å². The quantitative estimate of drug-likeness (QED) is 0.691. The van der Waals surface area contributed by atoms with Gasteiger partial charge in [0, 0.05) is 0 Å². The van der Waals surface area contributed by atoms with Crippen LogP contribution in [0, 0.1) is 0 Å². The summed E-state index contributed by atoms with van der Waals surface area (Å²) in [6.07, 6.45) is 0. The Kier molecular flexibility index (Phi) is 4.29. The van der Waals surface area contributed by atoms with Crippen LogP contribution in [-0.4, -0.2) is 29.9 Å². The van der Waals surface area contributed by atoms with E-state index in [9.17, 15) is 14.4 Å². The predicted octanol–water partition coefficient (Wildman–Crippen LogP) is 2.19. The summed E-state index contributed by atoms with van der Waals surface area (Å²) in [7, 11) is 1.23. The summed E-state index contributed by atoms with van der Waals surface area (Å²) in [4.78, 5) is 38.3. The van der Waals surface area contributed by atoms with Crippen molar-refractivity contribution < 1.29 is 19.1 Å². The fourth-order valence-corrected chi connectivity index (χ4v) is 2.75. The van der Waals surface area contributed by atoms with Gasteiger partial charge in [-0.15, -0.1) is 0 Å². The van der Waals surface area contributed by atoms with E-state index in [0.29, 0.717) is 11.1 Å². The van der Waals surface area contributed by atoms with Crippen LogP contribution in [0.1, 0.15) is 23.2 Å². The number of hydrogen-bond donors (Lipinski definition) is 1. The normalized spacial score (nSPS) is 18.2. The summed E-state index contributed by atoms with van der Waals surface area (Å²) >= 11 is 0. The van der Waals surface area contributed by atoms with Gasteiger partial charge in [0.15, 0.2) is 6.04 Å². The van der Waals surface area contributed by atoms with Gasteiger partial charge in [0.25, 0.3) is 5.91 Å². The van der Waals surface area contributed by atoms with Crippen molar-refractivity contribution in [1.82, 2.24) is 10.2 Å². The standard InChI is InChI=1S/C18H16N2O4/c1-24-17(22)15(13-10-6-3-7-11-13)20-16(21)14(19-18(20)23)12-8-4-2-5-9-12/h2-11,14-15H,1H3,(H,19,23). The first-order chi connectivity index (χ1) is 11.6. The molecule has 0 bridgehead atoms. The third-order valence-electron chi connectivity index (χ3n) is 3.90. The second-order valence-electron chi connectivity index (χ2n) is 5.34. The Bertz CT molecular complexity index is 761. The molecule has 1 aliphatic rings. The molecule has 0 saturated carbocycles. The first-order valence-electron chi connectivity index (χ1n) is 7.44. The Hall–Kier alpha value is -3.15. The molecule has 2 aromatic carbocycles. The smallest absolute Gasteiger partial charge is 0.333 e. The van der Waals surface area contributed by atoms with Gasteiger partial charge in [-0.1, -0.05) is 60.7 Å². The number of carbonyl (C=O) groups is 3. The number of nitrogens with zero attached hydrogens (tertiary/aromatic N) is 1. The summed E-state index contributed by atoms with van der Waals surface area (Å²) in [6.45, 7) is 0. The van der Waals surface area contributed by atoms with E-state index >= 15 is 0 Å². The summed E-state index contributed by atoms with van der Waals surface area (Å²) in [6, 6.07) is 15.0. The van der Waals surface area contributed by atoms with Crippen LogP contribution < -0.4 is 5.32 Å². The van der Waals surface area contributed by atoms with Gasteiger partial charge in [0.05, 0.1) is 7.11 Å².